The number of carbonyl (C=O) groups is 1. The van der Waals surface area contributed by atoms with E-state index in [0.717, 1.165) is 5.69 Å². The lowest BCUT2D eigenvalue weighted by atomic mass is 9.91. The van der Waals surface area contributed by atoms with Gasteiger partial charge < -0.3 is 14.7 Å². The highest BCUT2D eigenvalue weighted by atomic mass is 19.3. The second-order valence-corrected chi connectivity index (χ2v) is 9.57. The number of rotatable bonds is 4. The van der Waals surface area contributed by atoms with E-state index in [1.165, 1.54) is 6.07 Å². The first-order valence-corrected chi connectivity index (χ1v) is 11.4. The highest BCUT2D eigenvalue weighted by molar-refractivity contribution is 5.98. The van der Waals surface area contributed by atoms with Gasteiger partial charge in [0.25, 0.3) is 5.91 Å². The van der Waals surface area contributed by atoms with Crippen molar-refractivity contribution >= 4 is 11.7 Å². The monoisotopic (exact) mass is 492 g/mol. The molecule has 1 aliphatic carbocycles. The number of amides is 1. The predicted octanol–water partition coefficient (Wildman–Crippen LogP) is 3.68. The van der Waals surface area contributed by atoms with Crippen LogP contribution in [-0.2, 0) is 5.60 Å². The van der Waals surface area contributed by atoms with Crippen molar-refractivity contribution in [1.82, 2.24) is 29.2 Å². The van der Waals surface area contributed by atoms with Crippen LogP contribution in [0.5, 0.6) is 5.75 Å². The molecule has 6 rings (SSSR count). The van der Waals surface area contributed by atoms with Crippen LogP contribution in [0.2, 0.25) is 0 Å². The van der Waals surface area contributed by atoms with Crippen molar-refractivity contribution in [2.45, 2.75) is 44.4 Å². The number of imidazole rings is 1. The summed E-state index contributed by atoms with van der Waals surface area (Å²) in [6.07, 6.45) is 7.22. The number of nitrogens with zero attached hydrogens (tertiary/aromatic N) is 6. The number of carbonyl (C=O) groups excluding carboxylic acids is 1. The van der Waals surface area contributed by atoms with Crippen LogP contribution in [0.1, 0.15) is 65.4 Å². The second-order valence-electron chi connectivity index (χ2n) is 9.57. The first-order chi connectivity index (χ1) is 17.1. The van der Waals surface area contributed by atoms with Gasteiger partial charge in [0.15, 0.2) is 5.82 Å². The van der Waals surface area contributed by atoms with Gasteiger partial charge >= 0.3 is 6.61 Å². The van der Waals surface area contributed by atoms with E-state index < -0.39 is 18.1 Å². The minimum absolute atomic E-state index is 0.0163. The number of benzene rings is 1. The highest BCUT2D eigenvalue weighted by Gasteiger charge is 2.46. The number of fused-ring (bicyclic) bond motifs is 9. The molecule has 4 aromatic rings. The minimum atomic E-state index is -3.02. The number of ether oxygens (including phenoxy) is 1. The summed E-state index contributed by atoms with van der Waals surface area (Å²) in [6, 6.07) is 4.32. The fourth-order valence-corrected chi connectivity index (χ4v) is 5.16. The lowest BCUT2D eigenvalue weighted by Crippen LogP contribution is -2.30. The van der Waals surface area contributed by atoms with E-state index in [0.29, 0.717) is 46.0 Å². The van der Waals surface area contributed by atoms with Gasteiger partial charge in [-0.05, 0) is 32.4 Å². The van der Waals surface area contributed by atoms with Crippen molar-refractivity contribution in [1.29, 1.82) is 0 Å². The van der Waals surface area contributed by atoms with E-state index in [1.54, 1.807) is 56.5 Å². The molecule has 2 bridgehead atoms. The van der Waals surface area contributed by atoms with Crippen LogP contribution >= 0.6 is 0 Å². The normalized spacial score (nSPS) is 19.0. The molecule has 2 aliphatic rings. The zero-order valence-electron chi connectivity index (χ0n) is 19.7. The number of alkyl halides is 2. The maximum Gasteiger partial charge on any atom is 0.387 e. The Kier molecular flexibility index (Phi) is 4.84. The number of hydrogen-bond acceptors (Lipinski definition) is 7. The summed E-state index contributed by atoms with van der Waals surface area (Å²) in [5.41, 5.74) is 2.47. The van der Waals surface area contributed by atoms with E-state index >= 15 is 0 Å². The van der Waals surface area contributed by atoms with Gasteiger partial charge in [-0.1, -0.05) is 6.07 Å². The molecule has 2 atom stereocenters. The van der Waals surface area contributed by atoms with Gasteiger partial charge in [0.1, 0.15) is 11.4 Å². The Hall–Kier alpha value is -3.99. The maximum absolute atomic E-state index is 13.3. The molecule has 1 aromatic carbocycles. The maximum atomic E-state index is 13.3. The first kappa shape index (κ1) is 22.5. The highest BCUT2D eigenvalue weighted by Crippen LogP contribution is 2.52. The van der Waals surface area contributed by atoms with Gasteiger partial charge in [-0.3, -0.25) is 9.20 Å². The van der Waals surface area contributed by atoms with Crippen molar-refractivity contribution in [3.63, 3.8) is 0 Å². The van der Waals surface area contributed by atoms with Crippen LogP contribution in [0.3, 0.4) is 0 Å². The van der Waals surface area contributed by atoms with Crippen LogP contribution in [-0.4, -0.2) is 53.9 Å². The van der Waals surface area contributed by atoms with E-state index in [-0.39, 0.29) is 17.7 Å². The smallest absolute Gasteiger partial charge is 0.387 e. The van der Waals surface area contributed by atoms with Crippen molar-refractivity contribution in [3.05, 3.63) is 71.3 Å². The number of hydrogen-bond donors (Lipinski definition) is 1. The van der Waals surface area contributed by atoms with Crippen LogP contribution in [0.25, 0.3) is 16.9 Å². The second kappa shape index (κ2) is 7.76. The lowest BCUT2D eigenvalue weighted by molar-refractivity contribution is -0.0506. The summed E-state index contributed by atoms with van der Waals surface area (Å²) in [4.78, 5) is 32.6. The van der Waals surface area contributed by atoms with Crippen LogP contribution in [0.15, 0.2) is 43.0 Å². The summed E-state index contributed by atoms with van der Waals surface area (Å²) in [5, 5.41) is 10.1. The van der Waals surface area contributed by atoms with Crippen LogP contribution in [0, 0.1) is 0 Å². The third-order valence-corrected chi connectivity index (χ3v) is 6.83. The summed E-state index contributed by atoms with van der Waals surface area (Å²) < 4.78 is 33.2. The zero-order chi connectivity index (χ0) is 25.4. The molecule has 36 heavy (non-hydrogen) atoms. The minimum Gasteiger partial charge on any atom is -0.434 e. The Morgan fingerprint density at radius 2 is 1.86 bits per heavy atom. The third kappa shape index (κ3) is 3.34. The van der Waals surface area contributed by atoms with Gasteiger partial charge in [0.2, 0.25) is 5.78 Å². The van der Waals surface area contributed by atoms with Gasteiger partial charge in [-0.2, -0.15) is 8.78 Å². The standard InChI is InChI=1S/C25H22F2N6O3/c1-25(2,35)22-28-8-12(9-29-22)13-10-30-24-31-19-16-7-15(20(19)33(24)11-13)18-14(21(34)32(16)3)5-4-6-17(18)36-23(26)27/h4-6,8-11,15-16,23,35H,7H2,1-3H3. The molecular weight excluding hydrogens is 470 g/mol. The van der Waals surface area contributed by atoms with E-state index in [1.807, 2.05) is 10.6 Å². The molecule has 0 fully saturated rings. The van der Waals surface area contributed by atoms with Gasteiger partial charge in [-0.15, -0.1) is 0 Å². The molecule has 9 nitrogen and oxygen atoms in total. The predicted molar refractivity (Wildman–Crippen MR) is 124 cm³/mol. The molecular formula is C25H22F2N6O3. The molecule has 1 N–H and O–H groups in total. The van der Waals surface area contributed by atoms with Gasteiger partial charge in [0.05, 0.1) is 17.4 Å². The molecule has 0 saturated carbocycles. The van der Waals surface area contributed by atoms with Crippen LogP contribution < -0.4 is 4.74 Å². The average Bonchev–Trinajstić information content (AvgIpc) is 3.36. The molecule has 2 unspecified atom stereocenters. The van der Waals surface area contributed by atoms with E-state index in [4.69, 9.17) is 9.72 Å². The summed E-state index contributed by atoms with van der Waals surface area (Å²) >= 11 is 0. The SMILES string of the molecule is CN1C(=O)c2cccc(OC(F)F)c2C2CC1c1nc3ncc(-c4cnc(C(C)(C)O)nc4)cn3c12. The third-order valence-electron chi connectivity index (χ3n) is 6.83. The Morgan fingerprint density at radius 3 is 2.56 bits per heavy atom. The molecule has 4 heterocycles. The topological polar surface area (TPSA) is 106 Å². The Labute approximate surface area is 204 Å². The van der Waals surface area contributed by atoms with Gasteiger partial charge in [-0.25, -0.2) is 19.9 Å². The number of aromatic nitrogens is 5. The average molecular weight is 492 g/mol. The largest absolute Gasteiger partial charge is 0.434 e. The molecule has 184 valence electrons. The Morgan fingerprint density at radius 1 is 1.14 bits per heavy atom. The van der Waals surface area contributed by atoms with E-state index in [9.17, 15) is 18.7 Å². The molecule has 11 heteroatoms. The fourth-order valence-electron chi connectivity index (χ4n) is 5.16. The molecule has 0 spiro atoms. The molecule has 0 saturated heterocycles. The van der Waals surface area contributed by atoms with Gasteiger partial charge in [0, 0.05) is 60.0 Å². The van der Waals surface area contributed by atoms with Crippen molar-refractivity contribution in [3.8, 4) is 16.9 Å². The van der Waals surface area contributed by atoms with E-state index in [2.05, 4.69) is 15.0 Å². The molecule has 0 radical (unpaired) electrons. The summed E-state index contributed by atoms with van der Waals surface area (Å²) in [5.74, 6) is 0.0496. The van der Waals surface area contributed by atoms with Crippen molar-refractivity contribution in [2.24, 2.45) is 0 Å². The number of halogens is 2. The van der Waals surface area contributed by atoms with Crippen molar-refractivity contribution in [2.75, 3.05) is 7.05 Å². The summed E-state index contributed by atoms with van der Waals surface area (Å²) in [7, 11) is 1.69. The fraction of sp³-hybridized carbons (Fsp3) is 0.320. The molecule has 3 aromatic heterocycles. The lowest BCUT2D eigenvalue weighted by Gasteiger charge is -2.23. The molecule has 1 aliphatic heterocycles. The van der Waals surface area contributed by atoms with Crippen LogP contribution in [0.4, 0.5) is 8.78 Å². The Balaban J connectivity index is 1.52. The zero-order valence-corrected chi connectivity index (χ0v) is 19.7. The first-order valence-electron chi connectivity index (χ1n) is 11.4. The Bertz CT molecular complexity index is 1510. The quantitative estimate of drug-likeness (QED) is 0.463. The number of aliphatic hydroxyl groups is 1. The molecule has 1 amide bonds. The van der Waals surface area contributed by atoms with Crippen molar-refractivity contribution < 1.29 is 23.4 Å². The summed E-state index contributed by atoms with van der Waals surface area (Å²) in [6.45, 7) is 0.194.